The van der Waals surface area contributed by atoms with Gasteiger partial charge < -0.3 is 10.8 Å². The Morgan fingerprint density at radius 1 is 1.17 bits per heavy atom. The highest BCUT2D eigenvalue weighted by atomic mass is 32.2. The third-order valence-corrected chi connectivity index (χ3v) is 4.73. The molecule has 1 saturated carbocycles. The predicted molar refractivity (Wildman–Crippen MR) is 69.4 cm³/mol. The van der Waals surface area contributed by atoms with Gasteiger partial charge in [0.25, 0.3) is 0 Å². The minimum atomic E-state index is -3.58. The number of aliphatic hydroxyl groups is 1. The van der Waals surface area contributed by atoms with Crippen LogP contribution in [0.2, 0.25) is 0 Å². The molecule has 5 nitrogen and oxygen atoms in total. The molecule has 2 atom stereocenters. The van der Waals surface area contributed by atoms with Crippen LogP contribution in [0.5, 0.6) is 0 Å². The molecule has 0 unspecified atom stereocenters. The monoisotopic (exact) mass is 270 g/mol. The Hall–Kier alpha value is -1.11. The molecule has 1 aliphatic rings. The molecule has 1 aromatic rings. The number of rotatable bonds is 3. The van der Waals surface area contributed by atoms with E-state index >= 15 is 0 Å². The van der Waals surface area contributed by atoms with Crippen LogP contribution >= 0.6 is 0 Å². The fraction of sp³-hybridized carbons (Fsp3) is 0.500. The van der Waals surface area contributed by atoms with Crippen molar-refractivity contribution in [3.63, 3.8) is 0 Å². The molecule has 0 heterocycles. The Balaban J connectivity index is 2.13. The zero-order valence-electron chi connectivity index (χ0n) is 10.0. The Kier molecular flexibility index (Phi) is 3.89. The van der Waals surface area contributed by atoms with Gasteiger partial charge in [-0.25, -0.2) is 13.1 Å². The molecule has 0 aliphatic heterocycles. The summed E-state index contributed by atoms with van der Waals surface area (Å²) in [6.07, 6.45) is 2.61. The van der Waals surface area contributed by atoms with Gasteiger partial charge in [0, 0.05) is 11.7 Å². The molecule has 0 aromatic heterocycles. The van der Waals surface area contributed by atoms with Crippen LogP contribution in [0, 0.1) is 0 Å². The van der Waals surface area contributed by atoms with E-state index in [1.807, 2.05) is 0 Å². The van der Waals surface area contributed by atoms with Crippen molar-refractivity contribution in [2.75, 3.05) is 5.73 Å². The van der Waals surface area contributed by atoms with Crippen molar-refractivity contribution >= 4 is 15.7 Å². The van der Waals surface area contributed by atoms with Crippen molar-refractivity contribution in [3.8, 4) is 0 Å². The molecule has 4 N–H and O–H groups in total. The molecule has 18 heavy (non-hydrogen) atoms. The van der Waals surface area contributed by atoms with Gasteiger partial charge in [-0.05, 0) is 37.1 Å². The Labute approximate surface area is 107 Å². The standard InChI is InChI=1S/C12H18N2O3S/c13-9-5-7-10(8-6-9)18(16,17)14-11-3-1-2-4-12(11)15/h5-8,11-12,14-15H,1-4,13H2/t11-,12-/m0/s1. The maximum absolute atomic E-state index is 12.1. The van der Waals surface area contributed by atoms with Crippen molar-refractivity contribution in [2.24, 2.45) is 0 Å². The van der Waals surface area contributed by atoms with Gasteiger partial charge >= 0.3 is 0 Å². The number of anilines is 1. The van der Waals surface area contributed by atoms with Crippen molar-refractivity contribution in [1.29, 1.82) is 0 Å². The highest BCUT2D eigenvalue weighted by Gasteiger charge is 2.27. The quantitative estimate of drug-likeness (QED) is 0.710. The lowest BCUT2D eigenvalue weighted by atomic mass is 9.93. The molecule has 0 saturated heterocycles. The van der Waals surface area contributed by atoms with E-state index in [1.54, 1.807) is 12.1 Å². The SMILES string of the molecule is Nc1ccc(S(=O)(=O)N[C@H]2CCCC[C@@H]2O)cc1. The summed E-state index contributed by atoms with van der Waals surface area (Å²) in [7, 11) is -3.58. The van der Waals surface area contributed by atoms with Crippen LogP contribution < -0.4 is 10.5 Å². The first kappa shape index (κ1) is 13.3. The summed E-state index contributed by atoms with van der Waals surface area (Å²) in [5.74, 6) is 0. The van der Waals surface area contributed by atoms with E-state index in [9.17, 15) is 13.5 Å². The lowest BCUT2D eigenvalue weighted by molar-refractivity contribution is 0.101. The maximum Gasteiger partial charge on any atom is 0.240 e. The van der Waals surface area contributed by atoms with E-state index < -0.39 is 16.1 Å². The number of benzene rings is 1. The number of sulfonamides is 1. The molecule has 0 radical (unpaired) electrons. The van der Waals surface area contributed by atoms with Gasteiger partial charge in [0.2, 0.25) is 10.0 Å². The summed E-state index contributed by atoms with van der Waals surface area (Å²) in [6.45, 7) is 0. The summed E-state index contributed by atoms with van der Waals surface area (Å²) in [4.78, 5) is 0.175. The third-order valence-electron chi connectivity index (χ3n) is 3.23. The number of hydrogen-bond donors (Lipinski definition) is 3. The summed E-state index contributed by atoms with van der Waals surface area (Å²) in [5, 5.41) is 9.78. The molecule has 0 amide bonds. The van der Waals surface area contributed by atoms with Crippen molar-refractivity contribution in [1.82, 2.24) is 4.72 Å². The molecule has 100 valence electrons. The normalized spacial score (nSPS) is 24.9. The average Bonchev–Trinajstić information content (AvgIpc) is 2.32. The lowest BCUT2D eigenvalue weighted by Gasteiger charge is -2.28. The highest BCUT2D eigenvalue weighted by Crippen LogP contribution is 2.21. The lowest BCUT2D eigenvalue weighted by Crippen LogP contribution is -2.44. The smallest absolute Gasteiger partial charge is 0.240 e. The molecule has 1 aromatic carbocycles. The predicted octanol–water partition coefficient (Wildman–Crippen LogP) is 0.851. The van der Waals surface area contributed by atoms with Gasteiger partial charge in [-0.3, -0.25) is 0 Å². The maximum atomic E-state index is 12.1. The molecule has 0 spiro atoms. The number of nitrogen functional groups attached to an aromatic ring is 1. The summed E-state index contributed by atoms with van der Waals surface area (Å²) in [5.41, 5.74) is 6.04. The van der Waals surface area contributed by atoms with Gasteiger partial charge in [0.05, 0.1) is 11.0 Å². The van der Waals surface area contributed by atoms with Gasteiger partial charge in [0.1, 0.15) is 0 Å². The van der Waals surface area contributed by atoms with E-state index in [1.165, 1.54) is 12.1 Å². The van der Waals surface area contributed by atoms with E-state index in [4.69, 9.17) is 5.73 Å². The first-order valence-electron chi connectivity index (χ1n) is 6.05. The first-order chi connectivity index (χ1) is 8.49. The van der Waals surface area contributed by atoms with Crippen molar-refractivity contribution in [3.05, 3.63) is 24.3 Å². The zero-order chi connectivity index (χ0) is 13.2. The molecular weight excluding hydrogens is 252 g/mol. The second-order valence-electron chi connectivity index (χ2n) is 4.65. The second kappa shape index (κ2) is 5.26. The molecule has 1 fully saturated rings. The van der Waals surface area contributed by atoms with E-state index in [0.717, 1.165) is 12.8 Å². The Morgan fingerprint density at radius 2 is 1.78 bits per heavy atom. The molecular formula is C12H18N2O3S. The second-order valence-corrected chi connectivity index (χ2v) is 6.36. The summed E-state index contributed by atoms with van der Waals surface area (Å²) >= 11 is 0. The first-order valence-corrected chi connectivity index (χ1v) is 7.53. The Bertz CT molecular complexity index is 499. The van der Waals surface area contributed by atoms with Crippen LogP contribution in [-0.4, -0.2) is 25.7 Å². The van der Waals surface area contributed by atoms with E-state index in [0.29, 0.717) is 18.5 Å². The van der Waals surface area contributed by atoms with Gasteiger partial charge in [-0.15, -0.1) is 0 Å². The zero-order valence-corrected chi connectivity index (χ0v) is 10.9. The van der Waals surface area contributed by atoms with Crippen molar-refractivity contribution < 1.29 is 13.5 Å². The van der Waals surface area contributed by atoms with Crippen LogP contribution in [0.1, 0.15) is 25.7 Å². The number of nitrogens with one attached hydrogen (secondary N) is 1. The average molecular weight is 270 g/mol. The highest BCUT2D eigenvalue weighted by molar-refractivity contribution is 7.89. The minimum Gasteiger partial charge on any atom is -0.399 e. The topological polar surface area (TPSA) is 92.4 Å². The van der Waals surface area contributed by atoms with Crippen LogP contribution in [0.15, 0.2) is 29.2 Å². The minimum absolute atomic E-state index is 0.175. The number of nitrogens with two attached hydrogens (primary N) is 1. The largest absolute Gasteiger partial charge is 0.399 e. The van der Waals surface area contributed by atoms with Crippen molar-refractivity contribution in [2.45, 2.75) is 42.7 Å². The van der Waals surface area contributed by atoms with Crippen LogP contribution in [0.3, 0.4) is 0 Å². The van der Waals surface area contributed by atoms with Gasteiger partial charge in [-0.2, -0.15) is 0 Å². The molecule has 1 aliphatic carbocycles. The molecule has 0 bridgehead atoms. The number of hydrogen-bond acceptors (Lipinski definition) is 4. The fourth-order valence-corrected chi connectivity index (χ4v) is 3.47. The summed E-state index contributed by atoms with van der Waals surface area (Å²) < 4.78 is 26.8. The van der Waals surface area contributed by atoms with Gasteiger partial charge in [0.15, 0.2) is 0 Å². The van der Waals surface area contributed by atoms with E-state index in [2.05, 4.69) is 4.72 Å². The number of aliphatic hydroxyl groups excluding tert-OH is 1. The van der Waals surface area contributed by atoms with Crippen LogP contribution in [0.25, 0.3) is 0 Å². The molecule has 2 rings (SSSR count). The third kappa shape index (κ3) is 3.01. The molecule has 6 heteroatoms. The van der Waals surface area contributed by atoms with Crippen LogP contribution in [-0.2, 0) is 10.0 Å². The van der Waals surface area contributed by atoms with Crippen LogP contribution in [0.4, 0.5) is 5.69 Å². The summed E-state index contributed by atoms with van der Waals surface area (Å²) in [6, 6.07) is 5.64. The van der Waals surface area contributed by atoms with Gasteiger partial charge in [-0.1, -0.05) is 12.8 Å². The fourth-order valence-electron chi connectivity index (χ4n) is 2.16. The van der Waals surface area contributed by atoms with E-state index in [-0.39, 0.29) is 10.9 Å². The Morgan fingerprint density at radius 3 is 2.39 bits per heavy atom.